The average Bonchev–Trinajstić information content (AvgIpc) is 2.71. The average molecular weight is 267 g/mol. The van der Waals surface area contributed by atoms with Crippen molar-refractivity contribution in [3.8, 4) is 17.0 Å². The minimum atomic E-state index is -1.02. The summed E-state index contributed by atoms with van der Waals surface area (Å²) in [5, 5.41) is 13.7. The van der Waals surface area contributed by atoms with Crippen molar-refractivity contribution < 1.29 is 14.6 Å². The molecule has 0 aliphatic rings. The van der Waals surface area contributed by atoms with Crippen molar-refractivity contribution in [2.75, 3.05) is 7.11 Å². The van der Waals surface area contributed by atoms with Crippen LogP contribution in [0.4, 0.5) is 0 Å². The first-order valence-electron chi connectivity index (χ1n) is 5.14. The minimum Gasteiger partial charge on any atom is -0.496 e. The monoisotopic (exact) mass is 266 g/mol. The van der Waals surface area contributed by atoms with Gasteiger partial charge in [0.1, 0.15) is 11.4 Å². The Morgan fingerprint density at radius 2 is 2.17 bits per heavy atom. The van der Waals surface area contributed by atoms with E-state index in [1.54, 1.807) is 25.2 Å². The zero-order valence-corrected chi connectivity index (χ0v) is 10.6. The molecule has 0 aliphatic carbocycles. The fourth-order valence-corrected chi connectivity index (χ4v) is 1.84. The second-order valence-electron chi connectivity index (χ2n) is 3.69. The van der Waals surface area contributed by atoms with Gasteiger partial charge in [0.15, 0.2) is 0 Å². The number of benzene rings is 1. The molecule has 0 atom stereocenters. The molecule has 18 heavy (non-hydrogen) atoms. The van der Waals surface area contributed by atoms with E-state index in [0.29, 0.717) is 22.0 Å². The van der Waals surface area contributed by atoms with Crippen molar-refractivity contribution in [2.45, 2.75) is 0 Å². The quantitative estimate of drug-likeness (QED) is 0.927. The van der Waals surface area contributed by atoms with Crippen LogP contribution < -0.4 is 4.74 Å². The summed E-state index contributed by atoms with van der Waals surface area (Å²) in [5.74, 6) is -0.471. The number of carbonyl (C=O) groups is 1. The summed E-state index contributed by atoms with van der Waals surface area (Å²) in [4.78, 5) is 11.0. The number of carboxylic acid groups (broad SMARTS) is 1. The molecule has 2 aromatic rings. The van der Waals surface area contributed by atoms with Crippen LogP contribution in [-0.2, 0) is 7.05 Å². The lowest BCUT2D eigenvalue weighted by atomic mass is 10.1. The van der Waals surface area contributed by atoms with Crippen LogP contribution in [-0.4, -0.2) is 28.0 Å². The van der Waals surface area contributed by atoms with E-state index in [1.807, 2.05) is 0 Å². The highest BCUT2D eigenvalue weighted by Gasteiger charge is 2.15. The molecule has 94 valence electrons. The van der Waals surface area contributed by atoms with Gasteiger partial charge in [0, 0.05) is 17.6 Å². The molecule has 2 rings (SSSR count). The molecular weight excluding hydrogens is 256 g/mol. The van der Waals surface area contributed by atoms with E-state index in [2.05, 4.69) is 5.10 Å². The highest BCUT2D eigenvalue weighted by Crippen LogP contribution is 2.31. The number of hydrogen-bond donors (Lipinski definition) is 1. The van der Waals surface area contributed by atoms with Crippen LogP contribution in [0.1, 0.15) is 10.5 Å². The molecule has 5 nitrogen and oxygen atoms in total. The van der Waals surface area contributed by atoms with Gasteiger partial charge in [0.25, 0.3) is 0 Å². The molecule has 1 N–H and O–H groups in total. The van der Waals surface area contributed by atoms with Gasteiger partial charge in [-0.1, -0.05) is 11.6 Å². The van der Waals surface area contributed by atoms with Crippen LogP contribution in [0.5, 0.6) is 5.75 Å². The van der Waals surface area contributed by atoms with Crippen molar-refractivity contribution >= 4 is 17.6 Å². The third-order valence-electron chi connectivity index (χ3n) is 2.54. The smallest absolute Gasteiger partial charge is 0.354 e. The fourth-order valence-electron chi connectivity index (χ4n) is 1.68. The van der Waals surface area contributed by atoms with Crippen molar-refractivity contribution in [2.24, 2.45) is 7.05 Å². The lowest BCUT2D eigenvalue weighted by molar-refractivity contribution is 0.0685. The maximum Gasteiger partial charge on any atom is 0.354 e. The Kier molecular flexibility index (Phi) is 3.25. The van der Waals surface area contributed by atoms with Gasteiger partial charge in [-0.3, -0.25) is 4.68 Å². The molecule has 0 fully saturated rings. The lowest BCUT2D eigenvalue weighted by Gasteiger charge is -2.06. The second kappa shape index (κ2) is 4.70. The van der Waals surface area contributed by atoms with Gasteiger partial charge in [-0.2, -0.15) is 5.10 Å². The van der Waals surface area contributed by atoms with Gasteiger partial charge in [-0.15, -0.1) is 0 Å². The van der Waals surface area contributed by atoms with Crippen molar-refractivity contribution in [1.82, 2.24) is 9.78 Å². The number of rotatable bonds is 3. The third-order valence-corrected chi connectivity index (χ3v) is 2.77. The molecule has 0 saturated heterocycles. The minimum absolute atomic E-state index is 0.113. The van der Waals surface area contributed by atoms with Gasteiger partial charge in [-0.25, -0.2) is 4.79 Å². The summed E-state index contributed by atoms with van der Waals surface area (Å²) >= 11 is 5.87. The van der Waals surface area contributed by atoms with Crippen molar-refractivity contribution in [1.29, 1.82) is 0 Å². The molecule has 1 aromatic heterocycles. The van der Waals surface area contributed by atoms with Gasteiger partial charge < -0.3 is 9.84 Å². The molecule has 0 radical (unpaired) electrons. The van der Waals surface area contributed by atoms with Gasteiger partial charge >= 0.3 is 5.97 Å². The number of halogens is 1. The molecule has 0 bridgehead atoms. The van der Waals surface area contributed by atoms with Crippen LogP contribution in [0.3, 0.4) is 0 Å². The molecule has 0 amide bonds. The van der Waals surface area contributed by atoms with E-state index in [-0.39, 0.29) is 5.69 Å². The molecule has 6 heteroatoms. The number of hydrogen-bond acceptors (Lipinski definition) is 3. The fraction of sp³-hybridized carbons (Fsp3) is 0.167. The Labute approximate surface area is 109 Å². The molecule has 0 saturated carbocycles. The number of aromatic nitrogens is 2. The van der Waals surface area contributed by atoms with E-state index >= 15 is 0 Å². The molecular formula is C12H11ClN2O3. The Hall–Kier alpha value is -2.01. The van der Waals surface area contributed by atoms with Crippen LogP contribution >= 0.6 is 11.6 Å². The van der Waals surface area contributed by atoms with E-state index < -0.39 is 5.97 Å². The zero-order chi connectivity index (χ0) is 13.3. The highest BCUT2D eigenvalue weighted by atomic mass is 35.5. The Morgan fingerprint density at radius 1 is 1.44 bits per heavy atom. The lowest BCUT2D eigenvalue weighted by Crippen LogP contribution is -2.04. The maximum atomic E-state index is 11.0. The van der Waals surface area contributed by atoms with Crippen molar-refractivity contribution in [3.05, 3.63) is 35.0 Å². The number of aromatic carboxylic acids is 1. The summed E-state index contributed by atoms with van der Waals surface area (Å²) in [6.07, 6.45) is 0. The first-order chi connectivity index (χ1) is 8.52. The predicted molar refractivity (Wildman–Crippen MR) is 67.2 cm³/mol. The first kappa shape index (κ1) is 12.4. The molecule has 1 aromatic carbocycles. The standard InChI is InChI=1S/C12H11ClN2O3/c1-15-10(12(16)17)6-9(14-15)8-4-3-7(13)5-11(8)18-2/h3-6H,1-2H3,(H,16,17). The molecule has 0 spiro atoms. The Morgan fingerprint density at radius 3 is 2.72 bits per heavy atom. The third kappa shape index (κ3) is 2.17. The normalized spacial score (nSPS) is 10.4. The number of ether oxygens (including phenoxy) is 1. The predicted octanol–water partition coefficient (Wildman–Crippen LogP) is 2.45. The second-order valence-corrected chi connectivity index (χ2v) is 4.12. The number of nitrogens with zero attached hydrogens (tertiary/aromatic N) is 2. The summed E-state index contributed by atoms with van der Waals surface area (Å²) in [6, 6.07) is 6.60. The zero-order valence-electron chi connectivity index (χ0n) is 9.85. The number of aryl methyl sites for hydroxylation is 1. The number of methoxy groups -OCH3 is 1. The topological polar surface area (TPSA) is 64.3 Å². The molecule has 0 unspecified atom stereocenters. The summed E-state index contributed by atoms with van der Waals surface area (Å²) < 4.78 is 6.52. The van der Waals surface area contributed by atoms with E-state index in [9.17, 15) is 4.79 Å². The molecule has 1 heterocycles. The highest BCUT2D eigenvalue weighted by molar-refractivity contribution is 6.30. The van der Waals surface area contributed by atoms with Crippen LogP contribution in [0.2, 0.25) is 5.02 Å². The maximum absolute atomic E-state index is 11.0. The largest absolute Gasteiger partial charge is 0.496 e. The molecule has 0 aliphatic heterocycles. The van der Waals surface area contributed by atoms with Crippen molar-refractivity contribution in [3.63, 3.8) is 0 Å². The van der Waals surface area contributed by atoms with E-state index in [1.165, 1.54) is 17.9 Å². The van der Waals surface area contributed by atoms with Crippen LogP contribution in [0.25, 0.3) is 11.3 Å². The van der Waals surface area contributed by atoms with Crippen LogP contribution in [0, 0.1) is 0 Å². The Balaban J connectivity index is 2.55. The van der Waals surface area contributed by atoms with Gasteiger partial charge in [-0.05, 0) is 24.3 Å². The van der Waals surface area contributed by atoms with Gasteiger partial charge in [0.05, 0.1) is 12.8 Å². The van der Waals surface area contributed by atoms with Crippen LogP contribution in [0.15, 0.2) is 24.3 Å². The number of carboxylic acids is 1. The summed E-state index contributed by atoms with van der Waals surface area (Å²) in [5.41, 5.74) is 1.34. The summed E-state index contributed by atoms with van der Waals surface area (Å²) in [6.45, 7) is 0. The van der Waals surface area contributed by atoms with E-state index in [0.717, 1.165) is 0 Å². The van der Waals surface area contributed by atoms with Gasteiger partial charge in [0.2, 0.25) is 0 Å². The SMILES string of the molecule is COc1cc(Cl)ccc1-c1cc(C(=O)O)n(C)n1. The Bertz CT molecular complexity index is 607. The first-order valence-corrected chi connectivity index (χ1v) is 5.52. The summed E-state index contributed by atoms with van der Waals surface area (Å²) in [7, 11) is 3.10. The van der Waals surface area contributed by atoms with E-state index in [4.69, 9.17) is 21.4 Å².